The highest BCUT2D eigenvalue weighted by atomic mass is 32.1. The first-order valence-corrected chi connectivity index (χ1v) is 3.08. The molecule has 0 fully saturated rings. The fourth-order valence-corrected chi connectivity index (χ4v) is 1.15. The molecule has 3 nitrogen and oxygen atoms in total. The Morgan fingerprint density at radius 1 is 1.50 bits per heavy atom. The van der Waals surface area contributed by atoms with Crippen molar-refractivity contribution in [1.29, 1.82) is 0 Å². The van der Waals surface area contributed by atoms with E-state index in [1.165, 1.54) is 0 Å². The molecule has 2 rings (SSSR count). The van der Waals surface area contributed by atoms with Crippen LogP contribution in [0.25, 0.3) is 4.83 Å². The van der Waals surface area contributed by atoms with Crippen molar-refractivity contribution in [2.75, 3.05) is 0 Å². The zero-order valence-corrected chi connectivity index (χ0v) is 4.80. The normalized spacial score (nSPS) is 10.5. The highest BCUT2D eigenvalue weighted by molar-refractivity contribution is 7.15. The molecule has 0 atom stereocenters. The lowest BCUT2D eigenvalue weighted by Crippen LogP contribution is -1.81. The summed E-state index contributed by atoms with van der Waals surface area (Å²) in [5.41, 5.74) is 1.77. The zero-order valence-electron chi connectivity index (χ0n) is 3.98. The Hall–Kier alpha value is -0.900. The van der Waals surface area contributed by atoms with E-state index in [9.17, 15) is 0 Å². The van der Waals surface area contributed by atoms with E-state index in [2.05, 4.69) is 10.2 Å². The van der Waals surface area contributed by atoms with Gasteiger partial charge in [0.25, 0.3) is 0 Å². The van der Waals surface area contributed by atoms with Crippen LogP contribution in [0.4, 0.5) is 0 Å². The van der Waals surface area contributed by atoms with Gasteiger partial charge < -0.3 is 0 Å². The van der Waals surface area contributed by atoms with Gasteiger partial charge in [-0.2, -0.15) is 5.10 Å². The highest BCUT2D eigenvalue weighted by Gasteiger charge is 1.90. The Balaban J connectivity index is 3.06. The van der Waals surface area contributed by atoms with E-state index >= 15 is 0 Å². The summed E-state index contributed by atoms with van der Waals surface area (Å²) in [6.07, 6.45) is 1.73. The van der Waals surface area contributed by atoms with Crippen LogP contribution >= 0.6 is 11.3 Å². The van der Waals surface area contributed by atoms with Crippen molar-refractivity contribution in [2.45, 2.75) is 0 Å². The first-order valence-electron chi connectivity index (χ1n) is 2.20. The molecule has 0 saturated heterocycles. The van der Waals surface area contributed by atoms with Crippen molar-refractivity contribution < 1.29 is 0 Å². The molecule has 40 valence electrons. The van der Waals surface area contributed by atoms with Gasteiger partial charge in [-0.15, -0.1) is 21.1 Å². The van der Waals surface area contributed by atoms with Gasteiger partial charge in [0.05, 0.1) is 6.20 Å². The molecule has 0 aliphatic carbocycles. The first-order chi connectivity index (χ1) is 3.97. The van der Waals surface area contributed by atoms with E-state index in [-0.39, 0.29) is 0 Å². The van der Waals surface area contributed by atoms with Crippen molar-refractivity contribution in [3.05, 3.63) is 17.8 Å². The maximum absolute atomic E-state index is 3.90. The second-order valence-corrected chi connectivity index (χ2v) is 2.26. The lowest BCUT2D eigenvalue weighted by Gasteiger charge is -1.69. The number of nitrogens with zero attached hydrogens (tertiary/aromatic N) is 3. The van der Waals surface area contributed by atoms with Crippen molar-refractivity contribution in [3.8, 4) is 0 Å². The summed E-state index contributed by atoms with van der Waals surface area (Å²) < 4.78 is 1.60. The van der Waals surface area contributed by atoms with Gasteiger partial charge in [0.2, 0.25) is 0 Å². The van der Waals surface area contributed by atoms with E-state index in [1.807, 2.05) is 6.07 Å². The molecule has 0 saturated carbocycles. The van der Waals surface area contributed by atoms with Crippen LogP contribution in [-0.4, -0.2) is 14.8 Å². The summed E-state index contributed by atoms with van der Waals surface area (Å²) in [7, 11) is 0. The van der Waals surface area contributed by atoms with Gasteiger partial charge in [-0.1, -0.05) is 0 Å². The van der Waals surface area contributed by atoms with E-state index < -0.39 is 0 Å². The predicted molar refractivity (Wildman–Crippen MR) is 30.9 cm³/mol. The Morgan fingerprint density at radius 2 is 2.50 bits per heavy atom. The maximum Gasteiger partial charge on any atom is 0.141 e. The third-order valence-corrected chi connectivity index (χ3v) is 1.66. The van der Waals surface area contributed by atoms with Gasteiger partial charge in [0.15, 0.2) is 0 Å². The number of fused-ring (bicyclic) bond motifs is 1. The third kappa shape index (κ3) is 0.376. The SMILES string of the molecule is c1cc2scnn2n1. The molecule has 0 amide bonds. The highest BCUT2D eigenvalue weighted by Crippen LogP contribution is 2.04. The third-order valence-electron chi connectivity index (χ3n) is 0.920. The van der Waals surface area contributed by atoms with Crippen molar-refractivity contribution >= 4 is 16.2 Å². The standard InChI is InChI=1S/C4H3N3S/c1-2-5-7-4(1)8-3-6-7/h1-3H. The number of hydrogen-bond donors (Lipinski definition) is 0. The van der Waals surface area contributed by atoms with Crippen LogP contribution < -0.4 is 0 Å². The fourth-order valence-electron chi connectivity index (χ4n) is 0.579. The van der Waals surface area contributed by atoms with E-state index in [0.29, 0.717) is 0 Å². The Bertz CT molecular complexity index is 233. The second-order valence-electron chi connectivity index (χ2n) is 1.40. The van der Waals surface area contributed by atoms with Crippen LogP contribution in [0.2, 0.25) is 0 Å². The van der Waals surface area contributed by atoms with E-state index in [0.717, 1.165) is 4.83 Å². The molecule has 0 N–H and O–H groups in total. The largest absolute Gasteiger partial charge is 0.158 e. The summed E-state index contributed by atoms with van der Waals surface area (Å²) in [5.74, 6) is 0. The first kappa shape index (κ1) is 4.03. The molecule has 0 spiro atoms. The van der Waals surface area contributed by atoms with Crippen LogP contribution in [0.3, 0.4) is 0 Å². The van der Waals surface area contributed by atoms with Gasteiger partial charge in [0.1, 0.15) is 10.3 Å². The molecule has 0 bridgehead atoms. The van der Waals surface area contributed by atoms with Crippen LogP contribution in [-0.2, 0) is 0 Å². The minimum atomic E-state index is 1.09. The van der Waals surface area contributed by atoms with Crippen LogP contribution in [0.15, 0.2) is 17.8 Å². The smallest absolute Gasteiger partial charge is 0.141 e. The summed E-state index contributed by atoms with van der Waals surface area (Å²) in [6.45, 7) is 0. The summed E-state index contributed by atoms with van der Waals surface area (Å²) >= 11 is 1.58. The topological polar surface area (TPSA) is 30.2 Å². The quantitative estimate of drug-likeness (QED) is 0.521. The Labute approximate surface area is 49.6 Å². The Morgan fingerprint density at radius 3 is 3.38 bits per heavy atom. The average molecular weight is 125 g/mol. The molecule has 8 heavy (non-hydrogen) atoms. The molecule has 0 aliphatic rings. The van der Waals surface area contributed by atoms with Crippen molar-refractivity contribution in [1.82, 2.24) is 14.8 Å². The molecule has 0 unspecified atom stereocenters. The summed E-state index contributed by atoms with van der Waals surface area (Å²) in [4.78, 5) is 1.09. The Kier molecular flexibility index (Phi) is 0.648. The predicted octanol–water partition coefficient (Wildman–Crippen LogP) is 0.791. The lowest BCUT2D eigenvalue weighted by molar-refractivity contribution is 0.821. The molecule has 0 aromatic carbocycles. The fraction of sp³-hybridized carbons (Fsp3) is 0. The van der Waals surface area contributed by atoms with Gasteiger partial charge in [-0.25, -0.2) is 0 Å². The molecule has 2 aromatic heterocycles. The molecular formula is C4H3N3S. The molecule has 4 heteroatoms. The van der Waals surface area contributed by atoms with E-state index in [4.69, 9.17) is 0 Å². The van der Waals surface area contributed by atoms with E-state index in [1.54, 1.807) is 27.7 Å². The molecular weight excluding hydrogens is 122 g/mol. The summed E-state index contributed by atoms with van der Waals surface area (Å²) in [6, 6.07) is 1.93. The number of aromatic nitrogens is 3. The van der Waals surface area contributed by atoms with Crippen LogP contribution in [0.1, 0.15) is 0 Å². The molecule has 2 aromatic rings. The molecule has 0 aliphatic heterocycles. The van der Waals surface area contributed by atoms with Crippen molar-refractivity contribution in [3.63, 3.8) is 0 Å². The lowest BCUT2D eigenvalue weighted by atomic mass is 10.8. The monoisotopic (exact) mass is 125 g/mol. The van der Waals surface area contributed by atoms with Crippen LogP contribution in [0.5, 0.6) is 0 Å². The van der Waals surface area contributed by atoms with Crippen molar-refractivity contribution in [2.24, 2.45) is 0 Å². The van der Waals surface area contributed by atoms with Gasteiger partial charge in [-0.05, 0) is 6.07 Å². The second kappa shape index (κ2) is 1.29. The summed E-state index contributed by atoms with van der Waals surface area (Å²) in [5, 5.41) is 7.80. The minimum absolute atomic E-state index is 1.09. The molecule has 2 heterocycles. The number of rotatable bonds is 0. The molecule has 0 radical (unpaired) electrons. The minimum Gasteiger partial charge on any atom is -0.158 e. The maximum atomic E-state index is 3.90. The van der Waals surface area contributed by atoms with Crippen LogP contribution in [0, 0.1) is 0 Å². The van der Waals surface area contributed by atoms with Gasteiger partial charge in [0, 0.05) is 0 Å². The van der Waals surface area contributed by atoms with Gasteiger partial charge in [-0.3, -0.25) is 0 Å². The number of hydrogen-bond acceptors (Lipinski definition) is 3. The zero-order chi connectivity index (χ0) is 5.40. The average Bonchev–Trinajstić information content (AvgIpc) is 2.15. The van der Waals surface area contributed by atoms with Gasteiger partial charge >= 0.3 is 0 Å².